The van der Waals surface area contributed by atoms with Gasteiger partial charge in [0.05, 0.1) is 11.7 Å². The van der Waals surface area contributed by atoms with E-state index in [9.17, 15) is 9.59 Å². The lowest BCUT2D eigenvalue weighted by atomic mass is 9.77. The first-order valence-electron chi connectivity index (χ1n) is 22.7. The minimum Gasteiger partial charge on any atom is -0.351 e. The van der Waals surface area contributed by atoms with Gasteiger partial charge >= 0.3 is 0 Å². The molecule has 328 valence electrons. The second kappa shape index (κ2) is 19.6. The number of piperidine rings is 3. The summed E-state index contributed by atoms with van der Waals surface area (Å²) in [6.07, 6.45) is 12.2. The number of nitrogens with one attached hydrogen (secondary N) is 2. The van der Waals surface area contributed by atoms with Crippen molar-refractivity contribution in [2.24, 2.45) is 5.92 Å². The van der Waals surface area contributed by atoms with E-state index in [-0.39, 0.29) is 35.1 Å². The zero-order chi connectivity index (χ0) is 42.6. The first kappa shape index (κ1) is 43.7. The van der Waals surface area contributed by atoms with E-state index in [0.29, 0.717) is 41.0 Å². The summed E-state index contributed by atoms with van der Waals surface area (Å²) in [5, 5.41) is 6.35. The third-order valence-electron chi connectivity index (χ3n) is 13.8. The van der Waals surface area contributed by atoms with Crippen molar-refractivity contribution in [2.75, 3.05) is 51.1 Å². The van der Waals surface area contributed by atoms with Crippen molar-refractivity contribution in [3.8, 4) is 11.3 Å². The van der Waals surface area contributed by atoms with Crippen molar-refractivity contribution >= 4 is 41.2 Å². The average Bonchev–Trinajstić information content (AvgIpc) is 3.60. The Morgan fingerprint density at radius 2 is 1.69 bits per heavy atom. The van der Waals surface area contributed by atoms with Gasteiger partial charge in [-0.05, 0) is 146 Å². The highest BCUT2D eigenvalue weighted by Crippen LogP contribution is 2.39. The lowest BCUT2D eigenvalue weighted by molar-refractivity contribution is -0.125. The normalized spacial score (nSPS) is 22.1. The Kier molecular flexibility index (Phi) is 14.0. The van der Waals surface area contributed by atoms with Gasteiger partial charge in [-0.3, -0.25) is 19.2 Å². The molecule has 1 atom stereocenters. The molecule has 8 rings (SSSR count). The molecular weight excluding hydrogens is 793 g/mol. The molecule has 0 spiro atoms. The minimum atomic E-state index is -0.580. The number of halogens is 2. The van der Waals surface area contributed by atoms with Crippen LogP contribution < -0.4 is 10.6 Å². The fourth-order valence-corrected chi connectivity index (χ4v) is 11.5. The van der Waals surface area contributed by atoms with E-state index in [1.165, 1.54) is 94.6 Å². The zero-order valence-electron chi connectivity index (χ0n) is 36.3. The molecule has 11 nitrogen and oxygen atoms in total. The fraction of sp³-hybridized carbons (Fsp3) is 0.596. The van der Waals surface area contributed by atoms with Gasteiger partial charge in [-0.2, -0.15) is 0 Å². The number of fused-ring (bicyclic) bond motifs is 1. The van der Waals surface area contributed by atoms with Crippen molar-refractivity contribution in [1.82, 2.24) is 38.9 Å². The number of aromatic nitrogens is 4. The van der Waals surface area contributed by atoms with Crippen LogP contribution in [-0.4, -0.2) is 109 Å². The molecule has 5 heterocycles. The Morgan fingerprint density at radius 3 is 2.41 bits per heavy atom. The number of nitrogens with zero attached hydrogens (tertiary/aromatic N) is 7. The highest BCUT2D eigenvalue weighted by molar-refractivity contribution is 7.97. The summed E-state index contributed by atoms with van der Waals surface area (Å²) < 4.78 is 34.8. The summed E-state index contributed by atoms with van der Waals surface area (Å²) in [5.74, 6) is 1.50. The van der Waals surface area contributed by atoms with Crippen LogP contribution in [0.25, 0.3) is 22.3 Å². The third-order valence-corrected chi connectivity index (χ3v) is 15.3. The Labute approximate surface area is 364 Å². The Morgan fingerprint density at radius 1 is 0.934 bits per heavy atom. The van der Waals surface area contributed by atoms with Crippen LogP contribution in [0.3, 0.4) is 0 Å². The van der Waals surface area contributed by atoms with Crippen LogP contribution in [0, 0.1) is 24.5 Å². The molecule has 61 heavy (non-hydrogen) atoms. The summed E-state index contributed by atoms with van der Waals surface area (Å²) in [5.41, 5.74) is 4.09. The summed E-state index contributed by atoms with van der Waals surface area (Å²) in [4.78, 5) is 41.0. The molecule has 3 aliphatic heterocycles. The summed E-state index contributed by atoms with van der Waals surface area (Å²) in [6.45, 7) is 16.0. The van der Waals surface area contributed by atoms with Crippen LogP contribution in [-0.2, 0) is 9.59 Å². The van der Waals surface area contributed by atoms with Gasteiger partial charge in [0, 0.05) is 55.0 Å². The first-order chi connectivity index (χ1) is 29.5. The van der Waals surface area contributed by atoms with Crippen LogP contribution in [0.5, 0.6) is 0 Å². The van der Waals surface area contributed by atoms with Crippen LogP contribution in [0.2, 0.25) is 0 Å². The zero-order valence-corrected chi connectivity index (χ0v) is 37.1. The molecule has 0 radical (unpaired) electrons. The van der Waals surface area contributed by atoms with Crippen LogP contribution in [0.1, 0.15) is 120 Å². The number of carbonyl (C=O) groups excluding carboxylic acids is 2. The molecule has 2 N–H and O–H groups in total. The van der Waals surface area contributed by atoms with Gasteiger partial charge in [0.25, 0.3) is 0 Å². The number of carbonyl (C=O) groups is 2. The number of rotatable bonds is 15. The maximum atomic E-state index is 15.2. The van der Waals surface area contributed by atoms with E-state index in [1.807, 2.05) is 37.3 Å². The average molecular weight is 856 g/mol. The van der Waals surface area contributed by atoms with E-state index in [4.69, 9.17) is 0 Å². The van der Waals surface area contributed by atoms with E-state index < -0.39 is 11.6 Å². The highest BCUT2D eigenvalue weighted by Gasteiger charge is 2.37. The van der Waals surface area contributed by atoms with Crippen molar-refractivity contribution in [3.05, 3.63) is 71.2 Å². The van der Waals surface area contributed by atoms with Crippen molar-refractivity contribution in [2.45, 2.75) is 127 Å². The third kappa shape index (κ3) is 10.5. The number of imide groups is 1. The van der Waals surface area contributed by atoms with E-state index in [0.717, 1.165) is 50.1 Å². The number of imidazole rings is 1. The first-order valence-corrected chi connectivity index (χ1v) is 23.5. The van der Waals surface area contributed by atoms with Crippen molar-refractivity contribution in [3.63, 3.8) is 0 Å². The Hall–Kier alpha value is -3.98. The molecule has 1 saturated carbocycles. The molecule has 2 aromatic carbocycles. The molecule has 4 aliphatic rings. The fourth-order valence-electron chi connectivity index (χ4n) is 10.3. The number of hydrogen-bond acceptors (Lipinski definition) is 10. The Bertz CT molecular complexity index is 2140. The van der Waals surface area contributed by atoms with Gasteiger partial charge in [-0.1, -0.05) is 43.1 Å². The van der Waals surface area contributed by atoms with E-state index >= 15 is 8.78 Å². The molecule has 0 bridgehead atoms. The predicted octanol–water partition coefficient (Wildman–Crippen LogP) is 8.46. The molecule has 3 saturated heterocycles. The lowest BCUT2D eigenvalue weighted by Gasteiger charge is -2.47. The second-order valence-corrected chi connectivity index (χ2v) is 19.8. The molecular formula is C47H63F2N9O2S. The molecule has 14 heteroatoms. The number of benzene rings is 2. The van der Waals surface area contributed by atoms with Crippen LogP contribution >= 0.6 is 11.9 Å². The van der Waals surface area contributed by atoms with Gasteiger partial charge in [0.2, 0.25) is 18.3 Å². The second-order valence-electron chi connectivity index (χ2n) is 18.4. The maximum absolute atomic E-state index is 15.2. The van der Waals surface area contributed by atoms with Crippen LogP contribution in [0.15, 0.2) is 42.6 Å². The van der Waals surface area contributed by atoms with Gasteiger partial charge in [-0.25, -0.2) is 23.7 Å². The van der Waals surface area contributed by atoms with E-state index in [1.54, 1.807) is 6.07 Å². The quantitative estimate of drug-likeness (QED) is 0.0893. The van der Waals surface area contributed by atoms with Gasteiger partial charge in [0.15, 0.2) is 11.6 Å². The molecule has 2 amide bonds. The molecule has 1 unspecified atom stereocenters. The molecule has 4 aromatic rings. The standard InChI is InChI=1S/C47H63F2N9O2S/c1-30(2)58-32(4)52-46-41(48)25-37(26-43(46)58)45-42(49)27-50-47(54-45)53-38-12-20-57(21-13-38)61-40-14-16-55(17-15-40)28-33-22-39(23-33)56-18-10-34(11-19-56)36-7-5-6-35(24-36)31(3)8-9-44(60)51-29-59/h5-7,24-27,29-31,33-34,38-40H,8-23,28H2,1-4H3,(H,50,53,54)(H,51,59,60). The summed E-state index contributed by atoms with van der Waals surface area (Å²) >= 11 is 2.05. The molecule has 2 aromatic heterocycles. The number of aryl methyl sites for hydroxylation is 1. The van der Waals surface area contributed by atoms with Crippen molar-refractivity contribution in [1.29, 1.82) is 0 Å². The van der Waals surface area contributed by atoms with Gasteiger partial charge in [0.1, 0.15) is 17.0 Å². The molecule has 1 aliphatic carbocycles. The number of likely N-dealkylation sites (tertiary alicyclic amines) is 2. The number of hydrogen-bond donors (Lipinski definition) is 2. The van der Waals surface area contributed by atoms with Crippen molar-refractivity contribution < 1.29 is 18.4 Å². The topological polar surface area (TPSA) is 112 Å². The summed E-state index contributed by atoms with van der Waals surface area (Å²) in [6, 6.07) is 13.1. The molecule has 4 fully saturated rings. The largest absolute Gasteiger partial charge is 0.351 e. The van der Waals surface area contributed by atoms with Gasteiger partial charge < -0.3 is 19.7 Å². The minimum absolute atomic E-state index is 0.0798. The highest BCUT2D eigenvalue weighted by atomic mass is 32.2. The Balaban J connectivity index is 0.723. The maximum Gasteiger partial charge on any atom is 0.226 e. The van der Waals surface area contributed by atoms with Gasteiger partial charge in [-0.15, -0.1) is 0 Å². The smallest absolute Gasteiger partial charge is 0.226 e. The monoisotopic (exact) mass is 855 g/mol. The van der Waals surface area contributed by atoms with Crippen LogP contribution in [0.4, 0.5) is 14.7 Å². The number of anilines is 1. The number of amides is 2. The van der Waals surface area contributed by atoms with E-state index in [2.05, 4.69) is 70.9 Å². The SMILES string of the molecule is Cc1nc2c(F)cc(-c3nc(NC4CCN(SC5CCN(CC6CC(N7CCC(c8cccc(C(C)CCC(=O)NC=O)c8)CC7)C6)CC5)CC4)ncc3F)cc2n1C(C)C. The lowest BCUT2D eigenvalue weighted by Crippen LogP contribution is -2.51. The predicted molar refractivity (Wildman–Crippen MR) is 239 cm³/mol. The summed E-state index contributed by atoms with van der Waals surface area (Å²) in [7, 11) is 0.